The molecule has 96 valence electrons. The Hall–Kier alpha value is -0.890. The monoisotopic (exact) mass is 238 g/mol. The van der Waals surface area contributed by atoms with Gasteiger partial charge < -0.3 is 5.11 Å². The first-order chi connectivity index (χ1) is 7.90. The van der Waals surface area contributed by atoms with E-state index in [1.54, 1.807) is 19.9 Å². The van der Waals surface area contributed by atoms with Gasteiger partial charge >= 0.3 is 0 Å². The average Bonchev–Trinajstić information content (AvgIpc) is 2.29. The number of aryl methyl sites for hydroxylation is 1. The van der Waals surface area contributed by atoms with Crippen molar-refractivity contribution in [2.75, 3.05) is 0 Å². The number of hydrogen-bond donors (Lipinski definition) is 1. The molecule has 0 saturated heterocycles. The van der Waals surface area contributed by atoms with Crippen molar-refractivity contribution in [3.63, 3.8) is 0 Å². The highest BCUT2D eigenvalue weighted by molar-refractivity contribution is 5.27. The molecule has 0 aliphatic carbocycles. The van der Waals surface area contributed by atoms with Crippen molar-refractivity contribution in [3.05, 3.63) is 35.1 Å². The van der Waals surface area contributed by atoms with E-state index in [9.17, 15) is 9.50 Å². The lowest BCUT2D eigenvalue weighted by Gasteiger charge is -2.28. The van der Waals surface area contributed by atoms with Crippen LogP contribution in [0.25, 0.3) is 0 Å². The normalized spacial score (nSPS) is 15.0. The molecule has 0 fully saturated rings. The van der Waals surface area contributed by atoms with Crippen molar-refractivity contribution in [1.29, 1.82) is 0 Å². The Kier molecular flexibility index (Phi) is 4.70. The Labute approximate surface area is 104 Å². The number of benzene rings is 1. The van der Waals surface area contributed by atoms with Gasteiger partial charge in [-0.15, -0.1) is 0 Å². The molecule has 0 bridgehead atoms. The standard InChI is InChI=1S/C15H23FO/c1-5-12(6-2)10-15(4,17)13-8-7-11(3)14(16)9-13/h7-9,12,17H,5-6,10H2,1-4H3. The summed E-state index contributed by atoms with van der Waals surface area (Å²) in [6.07, 6.45) is 2.77. The van der Waals surface area contributed by atoms with Crippen LogP contribution in [0.2, 0.25) is 0 Å². The molecule has 17 heavy (non-hydrogen) atoms. The summed E-state index contributed by atoms with van der Waals surface area (Å²) in [4.78, 5) is 0. The third-order valence-corrected chi connectivity index (χ3v) is 3.63. The number of rotatable bonds is 5. The zero-order chi connectivity index (χ0) is 13.1. The maximum atomic E-state index is 13.5. The van der Waals surface area contributed by atoms with Gasteiger partial charge in [0.05, 0.1) is 5.60 Å². The minimum absolute atomic E-state index is 0.243. The second kappa shape index (κ2) is 5.63. The summed E-state index contributed by atoms with van der Waals surface area (Å²) in [6, 6.07) is 5.00. The maximum Gasteiger partial charge on any atom is 0.126 e. The van der Waals surface area contributed by atoms with E-state index < -0.39 is 5.60 Å². The third kappa shape index (κ3) is 3.53. The first-order valence-corrected chi connectivity index (χ1v) is 6.39. The fourth-order valence-corrected chi connectivity index (χ4v) is 2.19. The van der Waals surface area contributed by atoms with Crippen molar-refractivity contribution in [2.45, 2.75) is 52.6 Å². The Morgan fingerprint density at radius 2 is 1.88 bits per heavy atom. The molecule has 1 N–H and O–H groups in total. The van der Waals surface area contributed by atoms with E-state index in [1.807, 2.05) is 6.07 Å². The molecule has 0 aliphatic heterocycles. The van der Waals surface area contributed by atoms with Crippen LogP contribution in [0.1, 0.15) is 51.2 Å². The lowest BCUT2D eigenvalue weighted by molar-refractivity contribution is 0.0283. The van der Waals surface area contributed by atoms with E-state index >= 15 is 0 Å². The van der Waals surface area contributed by atoms with Gasteiger partial charge in [0.1, 0.15) is 5.82 Å². The van der Waals surface area contributed by atoms with Gasteiger partial charge in [0.2, 0.25) is 0 Å². The molecule has 0 heterocycles. The smallest absolute Gasteiger partial charge is 0.126 e. The molecular weight excluding hydrogens is 215 g/mol. The molecule has 1 rings (SSSR count). The lowest BCUT2D eigenvalue weighted by Crippen LogP contribution is -2.25. The molecule has 1 aromatic carbocycles. The van der Waals surface area contributed by atoms with Crippen LogP contribution in [0.3, 0.4) is 0 Å². The fourth-order valence-electron chi connectivity index (χ4n) is 2.19. The van der Waals surface area contributed by atoms with Crippen LogP contribution >= 0.6 is 0 Å². The molecule has 1 aromatic rings. The molecule has 0 spiro atoms. The lowest BCUT2D eigenvalue weighted by atomic mass is 9.83. The highest BCUT2D eigenvalue weighted by Gasteiger charge is 2.26. The molecular formula is C15H23FO. The maximum absolute atomic E-state index is 13.5. The summed E-state index contributed by atoms with van der Waals surface area (Å²) in [5, 5.41) is 10.5. The van der Waals surface area contributed by atoms with E-state index in [0.29, 0.717) is 23.5 Å². The number of aliphatic hydroxyl groups is 1. The molecule has 0 saturated carbocycles. The Balaban J connectivity index is 2.91. The van der Waals surface area contributed by atoms with Gasteiger partial charge in [-0.25, -0.2) is 4.39 Å². The van der Waals surface area contributed by atoms with Gasteiger partial charge in [0.15, 0.2) is 0 Å². The van der Waals surface area contributed by atoms with E-state index in [0.717, 1.165) is 12.8 Å². The molecule has 0 radical (unpaired) electrons. The van der Waals surface area contributed by atoms with Gasteiger partial charge in [0.25, 0.3) is 0 Å². The Morgan fingerprint density at radius 1 is 1.29 bits per heavy atom. The molecule has 0 aliphatic rings. The zero-order valence-corrected chi connectivity index (χ0v) is 11.3. The second-order valence-corrected chi connectivity index (χ2v) is 5.12. The Morgan fingerprint density at radius 3 is 2.35 bits per heavy atom. The van der Waals surface area contributed by atoms with Gasteiger partial charge in [-0.05, 0) is 43.4 Å². The predicted octanol–water partition coefficient (Wildman–Crippen LogP) is 4.17. The fraction of sp³-hybridized carbons (Fsp3) is 0.600. The van der Waals surface area contributed by atoms with Crippen LogP contribution in [0.4, 0.5) is 4.39 Å². The third-order valence-electron chi connectivity index (χ3n) is 3.63. The van der Waals surface area contributed by atoms with E-state index in [1.165, 1.54) is 6.07 Å². The minimum Gasteiger partial charge on any atom is -0.385 e. The highest BCUT2D eigenvalue weighted by atomic mass is 19.1. The van der Waals surface area contributed by atoms with Crippen LogP contribution in [0, 0.1) is 18.7 Å². The van der Waals surface area contributed by atoms with Crippen LogP contribution in [-0.2, 0) is 5.60 Å². The summed E-state index contributed by atoms with van der Waals surface area (Å²) in [6.45, 7) is 7.75. The zero-order valence-electron chi connectivity index (χ0n) is 11.3. The van der Waals surface area contributed by atoms with Crippen molar-refractivity contribution in [2.24, 2.45) is 5.92 Å². The van der Waals surface area contributed by atoms with E-state index in [4.69, 9.17) is 0 Å². The molecule has 1 atom stereocenters. The van der Waals surface area contributed by atoms with Crippen molar-refractivity contribution < 1.29 is 9.50 Å². The molecule has 2 heteroatoms. The number of hydrogen-bond acceptors (Lipinski definition) is 1. The van der Waals surface area contributed by atoms with Crippen molar-refractivity contribution in [1.82, 2.24) is 0 Å². The van der Waals surface area contributed by atoms with Gasteiger partial charge in [-0.2, -0.15) is 0 Å². The van der Waals surface area contributed by atoms with Crippen molar-refractivity contribution >= 4 is 0 Å². The summed E-state index contributed by atoms with van der Waals surface area (Å²) in [7, 11) is 0. The summed E-state index contributed by atoms with van der Waals surface area (Å²) in [5.74, 6) is 0.238. The van der Waals surface area contributed by atoms with Crippen LogP contribution in [-0.4, -0.2) is 5.11 Å². The minimum atomic E-state index is -0.939. The summed E-state index contributed by atoms with van der Waals surface area (Å²) < 4.78 is 13.5. The van der Waals surface area contributed by atoms with Gasteiger partial charge in [-0.1, -0.05) is 38.8 Å². The Bertz CT molecular complexity index is 367. The number of halogens is 1. The first kappa shape index (κ1) is 14.2. The summed E-state index contributed by atoms with van der Waals surface area (Å²) in [5.41, 5.74) is 0.352. The largest absolute Gasteiger partial charge is 0.385 e. The van der Waals surface area contributed by atoms with Crippen molar-refractivity contribution in [3.8, 4) is 0 Å². The van der Waals surface area contributed by atoms with E-state index in [-0.39, 0.29) is 5.82 Å². The van der Waals surface area contributed by atoms with Crippen LogP contribution in [0.5, 0.6) is 0 Å². The predicted molar refractivity (Wildman–Crippen MR) is 69.4 cm³/mol. The second-order valence-electron chi connectivity index (χ2n) is 5.12. The SMILES string of the molecule is CCC(CC)CC(C)(O)c1ccc(C)c(F)c1. The van der Waals surface area contributed by atoms with Crippen LogP contribution < -0.4 is 0 Å². The molecule has 0 aromatic heterocycles. The topological polar surface area (TPSA) is 20.2 Å². The molecule has 1 unspecified atom stereocenters. The molecule has 0 amide bonds. The quantitative estimate of drug-likeness (QED) is 0.816. The van der Waals surface area contributed by atoms with Gasteiger partial charge in [0, 0.05) is 0 Å². The first-order valence-electron chi connectivity index (χ1n) is 6.39. The van der Waals surface area contributed by atoms with E-state index in [2.05, 4.69) is 13.8 Å². The summed E-state index contributed by atoms with van der Waals surface area (Å²) >= 11 is 0. The van der Waals surface area contributed by atoms with Crippen LogP contribution in [0.15, 0.2) is 18.2 Å². The van der Waals surface area contributed by atoms with Gasteiger partial charge in [-0.3, -0.25) is 0 Å². The molecule has 1 nitrogen and oxygen atoms in total. The highest BCUT2D eigenvalue weighted by Crippen LogP contribution is 2.31. The average molecular weight is 238 g/mol.